The minimum absolute atomic E-state index is 0.104. The van der Waals surface area contributed by atoms with Crippen LogP contribution in [0.4, 0.5) is 0 Å². The molecular weight excluding hydrogens is 210 g/mol. The maximum absolute atomic E-state index is 9.51. The van der Waals surface area contributed by atoms with Crippen molar-refractivity contribution in [3.8, 4) is 0 Å². The molecule has 1 spiro atoms. The van der Waals surface area contributed by atoms with Crippen molar-refractivity contribution in [2.45, 2.75) is 83.3 Å². The monoisotopic (exact) mass is 239 g/mol. The first kappa shape index (κ1) is 13.4. The van der Waals surface area contributed by atoms with Crippen LogP contribution in [0.3, 0.4) is 0 Å². The van der Waals surface area contributed by atoms with Gasteiger partial charge in [-0.1, -0.05) is 19.8 Å². The van der Waals surface area contributed by atoms with Crippen molar-refractivity contribution in [1.82, 2.24) is 5.32 Å². The van der Waals surface area contributed by atoms with Gasteiger partial charge in [0, 0.05) is 6.04 Å². The van der Waals surface area contributed by atoms with Gasteiger partial charge in [-0.25, -0.2) is 0 Å². The van der Waals surface area contributed by atoms with Gasteiger partial charge in [0.2, 0.25) is 0 Å². The lowest BCUT2D eigenvalue weighted by molar-refractivity contribution is 0.146. The summed E-state index contributed by atoms with van der Waals surface area (Å²) in [4.78, 5) is 0. The number of hydrogen-bond acceptors (Lipinski definition) is 2. The van der Waals surface area contributed by atoms with Gasteiger partial charge >= 0.3 is 0 Å². The highest BCUT2D eigenvalue weighted by Gasteiger charge is 2.37. The summed E-state index contributed by atoms with van der Waals surface area (Å²) in [5.74, 6) is 0. The minimum Gasteiger partial charge on any atom is -0.393 e. The summed E-state index contributed by atoms with van der Waals surface area (Å²) in [5, 5.41) is 13.1. The lowest BCUT2D eigenvalue weighted by Gasteiger charge is -2.37. The lowest BCUT2D eigenvalue weighted by atomic mass is 9.71. The van der Waals surface area contributed by atoms with Crippen LogP contribution < -0.4 is 5.32 Å². The van der Waals surface area contributed by atoms with Crippen molar-refractivity contribution in [2.75, 3.05) is 6.54 Å². The van der Waals surface area contributed by atoms with Crippen LogP contribution in [0.15, 0.2) is 0 Å². The molecule has 100 valence electrons. The molecule has 0 aromatic carbocycles. The van der Waals surface area contributed by atoms with Gasteiger partial charge in [-0.3, -0.25) is 0 Å². The van der Waals surface area contributed by atoms with E-state index < -0.39 is 0 Å². The van der Waals surface area contributed by atoms with Gasteiger partial charge in [-0.15, -0.1) is 0 Å². The summed E-state index contributed by atoms with van der Waals surface area (Å²) in [5.41, 5.74) is 0.751. The zero-order valence-corrected chi connectivity index (χ0v) is 11.4. The SMILES string of the molecule is CCC(O)CCNC1CCC2(CCCC2)CC1. The van der Waals surface area contributed by atoms with Crippen LogP contribution in [0.1, 0.15) is 71.1 Å². The average molecular weight is 239 g/mol. The summed E-state index contributed by atoms with van der Waals surface area (Å²) in [6, 6.07) is 0.727. The number of hydrogen-bond donors (Lipinski definition) is 2. The first-order valence-corrected chi connectivity index (χ1v) is 7.65. The molecule has 0 aliphatic heterocycles. The number of aliphatic hydroxyl groups excluding tert-OH is 1. The lowest BCUT2D eigenvalue weighted by Crippen LogP contribution is -2.37. The molecule has 2 aliphatic carbocycles. The standard InChI is InChI=1S/C15H29NO/c1-2-14(17)7-12-16-13-5-10-15(11-6-13)8-3-4-9-15/h13-14,16-17H,2-12H2,1H3. The minimum atomic E-state index is -0.104. The maximum Gasteiger partial charge on any atom is 0.0549 e. The van der Waals surface area contributed by atoms with E-state index in [0.717, 1.165) is 30.8 Å². The Morgan fingerprint density at radius 2 is 1.82 bits per heavy atom. The number of rotatable bonds is 5. The molecule has 2 nitrogen and oxygen atoms in total. The third-order valence-corrected chi connectivity index (χ3v) is 5.09. The Hall–Kier alpha value is -0.0800. The summed E-state index contributed by atoms with van der Waals surface area (Å²) in [7, 11) is 0. The predicted octanol–water partition coefficient (Wildman–Crippen LogP) is 3.24. The second kappa shape index (κ2) is 6.19. The molecule has 2 aliphatic rings. The van der Waals surface area contributed by atoms with Crippen LogP contribution in [-0.4, -0.2) is 23.8 Å². The third kappa shape index (κ3) is 3.69. The summed E-state index contributed by atoms with van der Waals surface area (Å²) in [6.45, 7) is 3.04. The van der Waals surface area contributed by atoms with Crippen molar-refractivity contribution in [3.05, 3.63) is 0 Å². The van der Waals surface area contributed by atoms with E-state index in [1.807, 2.05) is 0 Å². The molecule has 17 heavy (non-hydrogen) atoms. The fourth-order valence-electron chi connectivity index (χ4n) is 3.72. The molecule has 0 heterocycles. The molecule has 0 saturated heterocycles. The van der Waals surface area contributed by atoms with Gasteiger partial charge in [-0.2, -0.15) is 0 Å². The molecule has 1 unspecified atom stereocenters. The quantitative estimate of drug-likeness (QED) is 0.772. The van der Waals surface area contributed by atoms with E-state index in [1.165, 1.54) is 51.4 Å². The van der Waals surface area contributed by atoms with Crippen molar-refractivity contribution in [3.63, 3.8) is 0 Å². The van der Waals surface area contributed by atoms with Gasteiger partial charge in [0.1, 0.15) is 0 Å². The van der Waals surface area contributed by atoms with Gasteiger partial charge < -0.3 is 10.4 Å². The van der Waals surface area contributed by atoms with Crippen LogP contribution in [0.5, 0.6) is 0 Å². The maximum atomic E-state index is 9.51. The van der Waals surface area contributed by atoms with Gasteiger partial charge in [-0.05, 0) is 63.3 Å². The Bertz CT molecular complexity index is 213. The zero-order valence-electron chi connectivity index (χ0n) is 11.4. The molecule has 2 saturated carbocycles. The highest BCUT2D eigenvalue weighted by atomic mass is 16.3. The smallest absolute Gasteiger partial charge is 0.0549 e. The Morgan fingerprint density at radius 1 is 1.18 bits per heavy atom. The normalized spacial score (nSPS) is 26.5. The largest absolute Gasteiger partial charge is 0.393 e. The zero-order chi connectivity index (χ0) is 12.1. The van der Waals surface area contributed by atoms with Crippen LogP contribution in [0.25, 0.3) is 0 Å². The topological polar surface area (TPSA) is 32.3 Å². The molecule has 0 amide bonds. The van der Waals surface area contributed by atoms with Crippen molar-refractivity contribution < 1.29 is 5.11 Å². The summed E-state index contributed by atoms with van der Waals surface area (Å²) < 4.78 is 0. The molecule has 2 N–H and O–H groups in total. The van der Waals surface area contributed by atoms with Crippen LogP contribution in [-0.2, 0) is 0 Å². The molecule has 2 rings (SSSR count). The van der Waals surface area contributed by atoms with Crippen molar-refractivity contribution in [1.29, 1.82) is 0 Å². The second-order valence-electron chi connectivity index (χ2n) is 6.29. The highest BCUT2D eigenvalue weighted by molar-refractivity contribution is 4.91. The van der Waals surface area contributed by atoms with Gasteiger partial charge in [0.15, 0.2) is 0 Å². The molecule has 2 heteroatoms. The van der Waals surface area contributed by atoms with E-state index in [4.69, 9.17) is 0 Å². The van der Waals surface area contributed by atoms with E-state index in [-0.39, 0.29) is 6.10 Å². The first-order valence-electron chi connectivity index (χ1n) is 7.65. The van der Waals surface area contributed by atoms with Gasteiger partial charge in [0.05, 0.1) is 6.10 Å². The predicted molar refractivity (Wildman–Crippen MR) is 72.1 cm³/mol. The summed E-state index contributed by atoms with van der Waals surface area (Å²) >= 11 is 0. The Kier molecular flexibility index (Phi) is 4.87. The van der Waals surface area contributed by atoms with Crippen LogP contribution in [0, 0.1) is 5.41 Å². The van der Waals surface area contributed by atoms with Crippen LogP contribution >= 0.6 is 0 Å². The molecule has 0 bridgehead atoms. The fourth-order valence-corrected chi connectivity index (χ4v) is 3.72. The van der Waals surface area contributed by atoms with E-state index >= 15 is 0 Å². The summed E-state index contributed by atoms with van der Waals surface area (Å²) in [6.07, 6.45) is 13.2. The van der Waals surface area contributed by atoms with E-state index in [0.29, 0.717) is 0 Å². The number of nitrogens with one attached hydrogen (secondary N) is 1. The molecule has 0 aromatic heterocycles. The van der Waals surface area contributed by atoms with Crippen molar-refractivity contribution in [2.24, 2.45) is 5.41 Å². The Morgan fingerprint density at radius 3 is 2.41 bits per heavy atom. The molecule has 0 radical (unpaired) electrons. The first-order chi connectivity index (χ1) is 8.24. The molecular formula is C15H29NO. The molecule has 0 aromatic rings. The molecule has 1 atom stereocenters. The fraction of sp³-hybridized carbons (Fsp3) is 1.00. The Balaban J connectivity index is 1.62. The molecule has 2 fully saturated rings. The highest BCUT2D eigenvalue weighted by Crippen LogP contribution is 2.48. The van der Waals surface area contributed by atoms with Crippen molar-refractivity contribution >= 4 is 0 Å². The third-order valence-electron chi connectivity index (χ3n) is 5.09. The van der Waals surface area contributed by atoms with E-state index in [2.05, 4.69) is 12.2 Å². The average Bonchev–Trinajstić information content (AvgIpc) is 2.80. The Labute approximate surface area is 106 Å². The second-order valence-corrected chi connectivity index (χ2v) is 6.29. The van der Waals surface area contributed by atoms with E-state index in [9.17, 15) is 5.11 Å². The van der Waals surface area contributed by atoms with Crippen LogP contribution in [0.2, 0.25) is 0 Å². The van der Waals surface area contributed by atoms with Gasteiger partial charge in [0.25, 0.3) is 0 Å². The number of aliphatic hydroxyl groups is 1. The van der Waals surface area contributed by atoms with E-state index in [1.54, 1.807) is 0 Å².